The third-order valence-electron chi connectivity index (χ3n) is 5.40. The highest BCUT2D eigenvalue weighted by molar-refractivity contribution is 5.86. The molecule has 1 amide bonds. The summed E-state index contributed by atoms with van der Waals surface area (Å²) < 4.78 is 8.35. The number of aryl methyl sites for hydroxylation is 1. The van der Waals surface area contributed by atoms with E-state index in [2.05, 4.69) is 30.7 Å². The van der Waals surface area contributed by atoms with Crippen molar-refractivity contribution in [3.05, 3.63) is 47.2 Å². The van der Waals surface area contributed by atoms with Crippen molar-refractivity contribution in [1.29, 1.82) is 0 Å². The molecular formula is C20H21N9O3. The molecule has 32 heavy (non-hydrogen) atoms. The van der Waals surface area contributed by atoms with Crippen molar-refractivity contribution in [3.63, 3.8) is 0 Å². The zero-order valence-corrected chi connectivity index (χ0v) is 17.4. The van der Waals surface area contributed by atoms with Gasteiger partial charge in [-0.15, -0.1) is 5.10 Å². The van der Waals surface area contributed by atoms with Crippen LogP contribution >= 0.6 is 0 Å². The lowest BCUT2D eigenvalue weighted by Crippen LogP contribution is -2.54. The number of rotatable bonds is 7. The fraction of sp³-hybridized carbons (Fsp3) is 0.350. The first-order valence-electron chi connectivity index (χ1n) is 10.3. The number of nitrogens with zero attached hydrogens (tertiary/aromatic N) is 8. The fourth-order valence-corrected chi connectivity index (χ4v) is 3.64. The number of fused-ring (bicyclic) bond motifs is 1. The van der Waals surface area contributed by atoms with E-state index < -0.39 is 0 Å². The van der Waals surface area contributed by atoms with Crippen LogP contribution in [0.1, 0.15) is 6.92 Å². The molecule has 1 aliphatic rings. The number of nitrogens with one attached hydrogen (secondary N) is 1. The molecule has 0 atom stereocenters. The molecule has 164 valence electrons. The van der Waals surface area contributed by atoms with Gasteiger partial charge in [-0.25, -0.2) is 19.3 Å². The van der Waals surface area contributed by atoms with E-state index in [9.17, 15) is 9.59 Å². The molecule has 4 aromatic rings. The zero-order valence-electron chi connectivity index (χ0n) is 17.4. The number of furan rings is 1. The quantitative estimate of drug-likeness (QED) is 0.435. The van der Waals surface area contributed by atoms with Crippen LogP contribution in [0.3, 0.4) is 0 Å². The number of anilines is 1. The molecule has 0 saturated carbocycles. The van der Waals surface area contributed by atoms with Crippen LogP contribution in [-0.2, 0) is 17.9 Å². The molecule has 0 spiro atoms. The van der Waals surface area contributed by atoms with Gasteiger partial charge < -0.3 is 14.6 Å². The Bertz CT molecular complexity index is 1310. The summed E-state index contributed by atoms with van der Waals surface area (Å²) in [5.41, 5.74) is 1.64. The van der Waals surface area contributed by atoms with Gasteiger partial charge in [-0.3, -0.25) is 9.59 Å². The molecule has 12 nitrogen and oxygen atoms in total. The first kappa shape index (κ1) is 19.8. The Kier molecular flexibility index (Phi) is 5.09. The third-order valence-corrected chi connectivity index (χ3v) is 5.40. The van der Waals surface area contributed by atoms with Crippen molar-refractivity contribution in [1.82, 2.24) is 40.1 Å². The van der Waals surface area contributed by atoms with Crippen LogP contribution in [0.5, 0.6) is 0 Å². The van der Waals surface area contributed by atoms with Crippen LogP contribution in [-0.4, -0.2) is 60.3 Å². The Balaban J connectivity index is 1.17. The predicted octanol–water partition coefficient (Wildman–Crippen LogP) is 0.311. The van der Waals surface area contributed by atoms with Gasteiger partial charge in [-0.2, -0.15) is 5.10 Å². The maximum Gasteiger partial charge on any atom is 0.266 e. The van der Waals surface area contributed by atoms with E-state index in [0.717, 1.165) is 0 Å². The van der Waals surface area contributed by atoms with Gasteiger partial charge in [0.05, 0.1) is 18.7 Å². The van der Waals surface area contributed by atoms with Crippen LogP contribution in [0.15, 0.2) is 46.1 Å². The predicted molar refractivity (Wildman–Crippen MR) is 114 cm³/mol. The van der Waals surface area contributed by atoms with Crippen LogP contribution in [0.4, 0.5) is 5.82 Å². The van der Waals surface area contributed by atoms with Crippen molar-refractivity contribution in [2.24, 2.45) is 5.92 Å². The number of amides is 1. The molecule has 1 N–H and O–H groups in total. The largest absolute Gasteiger partial charge is 0.463 e. The van der Waals surface area contributed by atoms with Crippen LogP contribution in [0, 0.1) is 5.92 Å². The van der Waals surface area contributed by atoms with Gasteiger partial charge in [0.25, 0.3) is 5.56 Å². The van der Waals surface area contributed by atoms with Gasteiger partial charge in [0.1, 0.15) is 12.0 Å². The van der Waals surface area contributed by atoms with Crippen molar-refractivity contribution in [3.8, 4) is 11.5 Å². The van der Waals surface area contributed by atoms with E-state index in [4.69, 9.17) is 4.42 Å². The van der Waals surface area contributed by atoms with Gasteiger partial charge in [0.15, 0.2) is 22.7 Å². The lowest BCUT2D eigenvalue weighted by atomic mass is 9.99. The van der Waals surface area contributed by atoms with Crippen LogP contribution < -0.4 is 15.8 Å². The molecule has 5 heterocycles. The monoisotopic (exact) mass is 435 g/mol. The second-order valence-electron chi connectivity index (χ2n) is 7.42. The maximum atomic E-state index is 12.5. The normalized spacial score (nSPS) is 14.0. The molecule has 12 heteroatoms. The van der Waals surface area contributed by atoms with Crippen molar-refractivity contribution >= 4 is 22.9 Å². The highest BCUT2D eigenvalue weighted by Crippen LogP contribution is 2.27. The number of carbonyl (C=O) groups is 1. The molecular weight excluding hydrogens is 414 g/mol. The molecule has 0 radical (unpaired) electrons. The molecule has 0 unspecified atom stereocenters. The summed E-state index contributed by atoms with van der Waals surface area (Å²) in [5.74, 6) is 1.03. The first-order valence-corrected chi connectivity index (χ1v) is 10.3. The summed E-state index contributed by atoms with van der Waals surface area (Å²) in [6.45, 7) is 4.26. The van der Waals surface area contributed by atoms with E-state index in [0.29, 0.717) is 54.6 Å². The van der Waals surface area contributed by atoms with Crippen molar-refractivity contribution < 1.29 is 9.21 Å². The molecule has 0 aromatic carbocycles. The average molecular weight is 435 g/mol. The van der Waals surface area contributed by atoms with Gasteiger partial charge in [0.2, 0.25) is 5.91 Å². The number of aromatic nitrogens is 7. The van der Waals surface area contributed by atoms with E-state index in [1.807, 2.05) is 11.8 Å². The summed E-state index contributed by atoms with van der Waals surface area (Å²) in [6, 6.07) is 6.58. The van der Waals surface area contributed by atoms with E-state index in [1.165, 1.54) is 17.1 Å². The second-order valence-corrected chi connectivity index (χ2v) is 7.42. The van der Waals surface area contributed by atoms with Crippen molar-refractivity contribution in [2.75, 3.05) is 24.5 Å². The Labute approximate surface area is 181 Å². The van der Waals surface area contributed by atoms with Crippen LogP contribution in [0.2, 0.25) is 0 Å². The third kappa shape index (κ3) is 3.59. The number of hydrogen-bond acceptors (Lipinski definition) is 9. The SMILES string of the molecule is CCn1nnc2c(N3CC(C(=O)NCCn4nc(-c5ccco5)ccc4=O)C3)ncnc21. The molecule has 0 aliphatic carbocycles. The maximum absolute atomic E-state index is 12.5. The smallest absolute Gasteiger partial charge is 0.266 e. The number of carbonyl (C=O) groups excluding carboxylic acids is 1. The minimum Gasteiger partial charge on any atom is -0.463 e. The standard InChI is InChI=1S/C20H21N9O3/c1-2-28-19-17(24-26-28)18(22-12-23-19)27-10-13(11-27)20(31)21-7-8-29-16(30)6-5-14(25-29)15-4-3-9-32-15/h3-6,9,12-13H,2,7-8,10-11H2,1H3,(H,21,31). The summed E-state index contributed by atoms with van der Waals surface area (Å²) in [4.78, 5) is 35.2. The highest BCUT2D eigenvalue weighted by Gasteiger charge is 2.35. The Morgan fingerprint density at radius 3 is 2.88 bits per heavy atom. The van der Waals surface area contributed by atoms with Crippen molar-refractivity contribution in [2.45, 2.75) is 20.0 Å². The van der Waals surface area contributed by atoms with E-state index >= 15 is 0 Å². The topological polar surface area (TPSA) is 137 Å². The minimum absolute atomic E-state index is 0.0704. The summed E-state index contributed by atoms with van der Waals surface area (Å²) in [7, 11) is 0. The Hall–Kier alpha value is -4.09. The molecule has 5 rings (SSSR count). The lowest BCUT2D eigenvalue weighted by molar-refractivity contribution is -0.125. The summed E-state index contributed by atoms with van der Waals surface area (Å²) >= 11 is 0. The van der Waals surface area contributed by atoms with Gasteiger partial charge >= 0.3 is 0 Å². The van der Waals surface area contributed by atoms with Crippen LogP contribution in [0.25, 0.3) is 22.6 Å². The Morgan fingerprint density at radius 1 is 1.22 bits per heavy atom. The minimum atomic E-state index is -0.239. The lowest BCUT2D eigenvalue weighted by Gasteiger charge is -2.38. The Morgan fingerprint density at radius 2 is 2.09 bits per heavy atom. The second kappa shape index (κ2) is 8.21. The summed E-state index contributed by atoms with van der Waals surface area (Å²) in [6.07, 6.45) is 3.04. The fourth-order valence-electron chi connectivity index (χ4n) is 3.64. The average Bonchev–Trinajstić information content (AvgIpc) is 3.44. The van der Waals surface area contributed by atoms with Gasteiger partial charge in [-0.05, 0) is 25.1 Å². The van der Waals surface area contributed by atoms with E-state index in [1.54, 1.807) is 29.1 Å². The zero-order chi connectivity index (χ0) is 22.1. The van der Waals surface area contributed by atoms with E-state index in [-0.39, 0.29) is 23.9 Å². The molecule has 1 aliphatic heterocycles. The highest BCUT2D eigenvalue weighted by atomic mass is 16.3. The summed E-state index contributed by atoms with van der Waals surface area (Å²) in [5, 5.41) is 15.5. The first-order chi connectivity index (χ1) is 15.6. The van der Waals surface area contributed by atoms with Gasteiger partial charge in [-0.1, -0.05) is 5.21 Å². The molecule has 4 aromatic heterocycles. The van der Waals surface area contributed by atoms with Gasteiger partial charge in [0, 0.05) is 32.2 Å². The number of hydrogen-bond donors (Lipinski definition) is 1. The molecule has 0 bridgehead atoms. The molecule has 1 saturated heterocycles. The molecule has 1 fully saturated rings.